The van der Waals surface area contributed by atoms with E-state index in [0.717, 1.165) is 89.9 Å². The predicted octanol–water partition coefficient (Wildman–Crippen LogP) is 21.3. The summed E-state index contributed by atoms with van der Waals surface area (Å²) in [6, 6.07) is 0. The maximum Gasteiger partial charge on any atom is 0.306 e. The summed E-state index contributed by atoms with van der Waals surface area (Å²) in [7, 11) is 0. The van der Waals surface area contributed by atoms with Gasteiger partial charge in [-0.05, 0) is 83.5 Å². The van der Waals surface area contributed by atoms with Crippen molar-refractivity contribution < 1.29 is 28.6 Å². The number of unbranched alkanes of at least 4 members (excludes halogenated alkanes) is 29. The fraction of sp³-hybridized carbons (Fsp3) is 0.721. The second-order valence-corrected chi connectivity index (χ2v) is 20.6. The lowest BCUT2D eigenvalue weighted by molar-refractivity contribution is -0.166. The maximum atomic E-state index is 12.9. The van der Waals surface area contributed by atoms with E-state index < -0.39 is 6.10 Å². The molecule has 0 aliphatic rings. The van der Waals surface area contributed by atoms with Gasteiger partial charge in [0.05, 0.1) is 0 Å². The van der Waals surface area contributed by atoms with Crippen LogP contribution in [0.3, 0.4) is 0 Å². The minimum absolute atomic E-state index is 0.0969. The number of esters is 3. The lowest BCUT2D eigenvalue weighted by atomic mass is 10.0. The van der Waals surface area contributed by atoms with E-state index in [0.29, 0.717) is 19.3 Å². The highest BCUT2D eigenvalue weighted by molar-refractivity contribution is 5.71. The monoisotopic (exact) mass is 1030 g/mol. The SMILES string of the molecule is CC/C=C\C/C=C\C/C=C\C/C=C\CCCCCCCCCCCCCCCCC(=O)OCC(COC(=O)CC/C=C\C/C=C\C/C=C\C/C=C\CC)OC(=O)CCCCCCCCCCCCCCCCCC. The van der Waals surface area contributed by atoms with E-state index in [1.54, 1.807) is 0 Å². The summed E-state index contributed by atoms with van der Waals surface area (Å²) in [6.07, 6.45) is 82.9. The largest absolute Gasteiger partial charge is 0.462 e. The zero-order chi connectivity index (χ0) is 53.6. The van der Waals surface area contributed by atoms with Gasteiger partial charge >= 0.3 is 17.9 Å². The molecular formula is C68H116O6. The zero-order valence-corrected chi connectivity index (χ0v) is 48.6. The van der Waals surface area contributed by atoms with E-state index in [2.05, 4.69) is 112 Å². The molecule has 0 radical (unpaired) electrons. The molecule has 0 aromatic carbocycles. The molecule has 6 heteroatoms. The van der Waals surface area contributed by atoms with Crippen LogP contribution in [0.15, 0.2) is 97.2 Å². The molecule has 0 aromatic heterocycles. The number of ether oxygens (including phenoxy) is 3. The first-order valence-corrected chi connectivity index (χ1v) is 31.2. The number of hydrogen-bond acceptors (Lipinski definition) is 6. The van der Waals surface area contributed by atoms with Crippen molar-refractivity contribution in [1.29, 1.82) is 0 Å². The van der Waals surface area contributed by atoms with Gasteiger partial charge in [0.15, 0.2) is 6.10 Å². The van der Waals surface area contributed by atoms with Crippen molar-refractivity contribution in [3.63, 3.8) is 0 Å². The molecule has 0 aliphatic heterocycles. The van der Waals surface area contributed by atoms with E-state index in [1.807, 2.05) is 6.08 Å². The minimum Gasteiger partial charge on any atom is -0.462 e. The summed E-state index contributed by atoms with van der Waals surface area (Å²) in [5.74, 6) is -0.972. The van der Waals surface area contributed by atoms with Gasteiger partial charge in [-0.25, -0.2) is 0 Å². The first-order valence-electron chi connectivity index (χ1n) is 31.2. The average molecular weight is 1030 g/mol. The topological polar surface area (TPSA) is 78.9 Å². The third-order valence-corrected chi connectivity index (χ3v) is 13.3. The van der Waals surface area contributed by atoms with Gasteiger partial charge in [-0.2, -0.15) is 0 Å². The van der Waals surface area contributed by atoms with Gasteiger partial charge in [-0.3, -0.25) is 14.4 Å². The van der Waals surface area contributed by atoms with Crippen LogP contribution in [0.4, 0.5) is 0 Å². The van der Waals surface area contributed by atoms with E-state index in [-0.39, 0.29) is 37.5 Å². The highest BCUT2D eigenvalue weighted by Crippen LogP contribution is 2.17. The summed E-state index contributed by atoms with van der Waals surface area (Å²) in [4.78, 5) is 38.2. The Morgan fingerprint density at radius 2 is 0.554 bits per heavy atom. The Hall–Kier alpha value is -3.67. The van der Waals surface area contributed by atoms with E-state index in [1.165, 1.54) is 161 Å². The molecule has 1 atom stereocenters. The predicted molar refractivity (Wildman–Crippen MR) is 320 cm³/mol. The molecule has 0 aromatic rings. The molecule has 0 bridgehead atoms. The van der Waals surface area contributed by atoms with Gasteiger partial charge < -0.3 is 14.2 Å². The number of carbonyl (C=O) groups excluding carboxylic acids is 3. The van der Waals surface area contributed by atoms with E-state index >= 15 is 0 Å². The quantitative estimate of drug-likeness (QED) is 0.0261. The number of carbonyl (C=O) groups is 3. The first-order chi connectivity index (χ1) is 36.5. The van der Waals surface area contributed by atoms with Crippen LogP contribution in [0.25, 0.3) is 0 Å². The second kappa shape index (κ2) is 61.9. The smallest absolute Gasteiger partial charge is 0.306 e. The number of rotatable bonds is 56. The van der Waals surface area contributed by atoms with Crippen molar-refractivity contribution in [2.24, 2.45) is 0 Å². The summed E-state index contributed by atoms with van der Waals surface area (Å²) < 4.78 is 16.8. The second-order valence-electron chi connectivity index (χ2n) is 20.6. The van der Waals surface area contributed by atoms with Crippen LogP contribution in [0.2, 0.25) is 0 Å². The van der Waals surface area contributed by atoms with Gasteiger partial charge in [0.2, 0.25) is 0 Å². The van der Waals surface area contributed by atoms with Crippen LogP contribution in [0, 0.1) is 0 Å². The van der Waals surface area contributed by atoms with Crippen molar-refractivity contribution in [3.8, 4) is 0 Å². The Morgan fingerprint density at radius 3 is 0.905 bits per heavy atom. The molecule has 0 aliphatic carbocycles. The van der Waals surface area contributed by atoms with Gasteiger partial charge in [0.25, 0.3) is 0 Å². The maximum absolute atomic E-state index is 12.9. The Labute approximate surface area is 457 Å². The zero-order valence-electron chi connectivity index (χ0n) is 48.6. The molecule has 74 heavy (non-hydrogen) atoms. The van der Waals surface area contributed by atoms with Crippen molar-refractivity contribution in [2.45, 2.75) is 303 Å². The molecule has 0 fully saturated rings. The molecule has 1 unspecified atom stereocenters. The van der Waals surface area contributed by atoms with Crippen LogP contribution in [-0.2, 0) is 28.6 Å². The molecule has 0 amide bonds. The third kappa shape index (κ3) is 59.2. The van der Waals surface area contributed by atoms with E-state index in [4.69, 9.17) is 14.2 Å². The van der Waals surface area contributed by atoms with Crippen molar-refractivity contribution >= 4 is 17.9 Å². The van der Waals surface area contributed by atoms with Crippen molar-refractivity contribution in [2.75, 3.05) is 13.2 Å². The highest BCUT2D eigenvalue weighted by Gasteiger charge is 2.19. The average Bonchev–Trinajstić information content (AvgIpc) is 3.40. The molecule has 0 spiro atoms. The van der Waals surface area contributed by atoms with Gasteiger partial charge in [-0.1, -0.05) is 291 Å². The molecule has 0 heterocycles. The van der Waals surface area contributed by atoms with Crippen LogP contribution < -0.4 is 0 Å². The molecule has 0 saturated carbocycles. The Kier molecular flexibility index (Phi) is 58.8. The molecular weight excluding hydrogens is 913 g/mol. The number of allylic oxidation sites excluding steroid dienone is 16. The minimum atomic E-state index is -0.805. The van der Waals surface area contributed by atoms with Crippen molar-refractivity contribution in [1.82, 2.24) is 0 Å². The Balaban J connectivity index is 4.29. The molecule has 0 saturated heterocycles. The fourth-order valence-corrected chi connectivity index (χ4v) is 8.74. The summed E-state index contributed by atoms with van der Waals surface area (Å²) in [6.45, 7) is 6.38. The summed E-state index contributed by atoms with van der Waals surface area (Å²) in [5.41, 5.74) is 0. The van der Waals surface area contributed by atoms with Crippen LogP contribution in [0.5, 0.6) is 0 Å². The van der Waals surface area contributed by atoms with Crippen LogP contribution in [0.1, 0.15) is 297 Å². The fourth-order valence-electron chi connectivity index (χ4n) is 8.74. The molecule has 424 valence electrons. The normalized spacial score (nSPS) is 12.7. The van der Waals surface area contributed by atoms with Gasteiger partial charge in [-0.15, -0.1) is 0 Å². The Morgan fingerprint density at radius 1 is 0.284 bits per heavy atom. The highest BCUT2D eigenvalue weighted by atomic mass is 16.6. The van der Waals surface area contributed by atoms with Gasteiger partial charge in [0, 0.05) is 19.3 Å². The summed E-state index contributed by atoms with van der Waals surface area (Å²) in [5, 5.41) is 0. The van der Waals surface area contributed by atoms with Gasteiger partial charge in [0.1, 0.15) is 13.2 Å². The Bertz CT molecular complexity index is 1460. The van der Waals surface area contributed by atoms with Crippen LogP contribution in [-0.4, -0.2) is 37.2 Å². The summed E-state index contributed by atoms with van der Waals surface area (Å²) >= 11 is 0. The number of hydrogen-bond donors (Lipinski definition) is 0. The molecule has 0 rings (SSSR count). The lowest BCUT2D eigenvalue weighted by Crippen LogP contribution is -2.30. The first kappa shape index (κ1) is 70.3. The molecule has 6 nitrogen and oxygen atoms in total. The standard InChI is InChI=1S/C68H116O6/c1-4-7-10-13-16-19-22-25-27-29-30-31-32-33-34-35-36-37-38-39-41-43-46-49-52-55-58-61-67(70)73-64-65(63-72-66(69)60-57-54-51-48-45-42-24-21-18-15-12-9-6-3)74-68(71)62-59-56-53-50-47-44-40-28-26-23-20-17-14-11-8-5-2/h7,9-10,12,16,18-19,21,25,27,30-31,42,45,51,54,65H,4-6,8,11,13-15,17,20,22-24,26,28-29,32-41,43-44,46-50,52-53,55-64H2,1-3H3/b10-7-,12-9-,19-16-,21-18-,27-25-,31-30-,45-42-,54-51-. The molecule has 0 N–H and O–H groups in total. The van der Waals surface area contributed by atoms with Crippen molar-refractivity contribution in [3.05, 3.63) is 97.2 Å². The van der Waals surface area contributed by atoms with E-state index in [9.17, 15) is 14.4 Å². The lowest BCUT2D eigenvalue weighted by Gasteiger charge is -2.18. The third-order valence-electron chi connectivity index (χ3n) is 13.3. The van der Waals surface area contributed by atoms with Crippen LogP contribution >= 0.6 is 0 Å².